The minimum absolute atomic E-state index is 0.197. The number of aliphatic carboxylic acids is 2. The smallest absolute Gasteiger partial charge is 0.328 e. The maximum atomic E-state index is 13.2. The zero-order chi connectivity index (χ0) is 25.5. The second kappa shape index (κ2) is 11.6. The van der Waals surface area contributed by atoms with E-state index in [1.54, 1.807) is 29.3 Å². The molecule has 35 heavy (non-hydrogen) atoms. The lowest BCUT2D eigenvalue weighted by atomic mass is 10.0. The van der Waals surface area contributed by atoms with Gasteiger partial charge in [0.25, 0.3) is 11.9 Å². The fourth-order valence-corrected chi connectivity index (χ4v) is 4.40. The van der Waals surface area contributed by atoms with Crippen LogP contribution in [0.3, 0.4) is 0 Å². The molecule has 2 saturated heterocycles. The first kappa shape index (κ1) is 25.8. The van der Waals surface area contributed by atoms with Crippen LogP contribution in [0.2, 0.25) is 0 Å². The van der Waals surface area contributed by atoms with Gasteiger partial charge in [-0.2, -0.15) is 0 Å². The van der Waals surface area contributed by atoms with Crippen molar-refractivity contribution >= 4 is 29.5 Å². The van der Waals surface area contributed by atoms with Crippen molar-refractivity contribution in [2.75, 3.05) is 18.4 Å². The van der Waals surface area contributed by atoms with Crippen molar-refractivity contribution in [3.8, 4) is 0 Å². The van der Waals surface area contributed by atoms with E-state index in [-0.39, 0.29) is 12.4 Å². The second-order valence-corrected chi connectivity index (χ2v) is 8.47. The number of carboxylic acids is 2. The summed E-state index contributed by atoms with van der Waals surface area (Å²) in [6, 6.07) is 3.96. The highest BCUT2D eigenvalue weighted by molar-refractivity contribution is 5.91. The first-order chi connectivity index (χ1) is 16.7. The highest BCUT2D eigenvalue weighted by Gasteiger charge is 2.42. The monoisotopic (exact) mass is 491 g/mol. The number of aryl methyl sites for hydroxylation is 1. The molecular weight excluding hydrogens is 462 g/mol. The minimum Gasteiger partial charge on any atom is -0.480 e. The molecule has 2 heterocycles. The van der Waals surface area contributed by atoms with E-state index in [0.29, 0.717) is 50.9 Å². The summed E-state index contributed by atoms with van der Waals surface area (Å²) in [6.45, 7) is 1.14. The maximum absolute atomic E-state index is 13.2. The lowest BCUT2D eigenvalue weighted by molar-refractivity contribution is -0.485. The van der Waals surface area contributed by atoms with Gasteiger partial charge in [-0.1, -0.05) is 12.1 Å². The molecule has 3 atom stereocenters. The number of benzene rings is 1. The molecule has 190 valence electrons. The van der Waals surface area contributed by atoms with Gasteiger partial charge in [0, 0.05) is 18.8 Å². The Bertz CT molecular complexity index is 985. The van der Waals surface area contributed by atoms with Crippen molar-refractivity contribution < 1.29 is 29.6 Å². The number of hydrogen-bond donors (Lipinski definition) is 5. The SMILES string of the molecule is NC(=N[N+](=O)[O-])Nc1ccc(CC[C@H](N[C@H]2CCCN3CCC[C@@H](C(=O)O)N3C2=O)C(=O)O)cc1. The number of nitrogens with zero attached hydrogens (tertiary/aromatic N) is 4. The van der Waals surface area contributed by atoms with Crippen LogP contribution >= 0.6 is 0 Å². The number of anilines is 1. The summed E-state index contributed by atoms with van der Waals surface area (Å²) >= 11 is 0. The molecule has 2 fully saturated rings. The fourth-order valence-electron chi connectivity index (χ4n) is 4.40. The highest BCUT2D eigenvalue weighted by atomic mass is 16.7. The maximum Gasteiger partial charge on any atom is 0.328 e. The third kappa shape index (κ3) is 6.86. The third-order valence-electron chi connectivity index (χ3n) is 6.05. The fraction of sp³-hybridized carbons (Fsp3) is 0.524. The van der Waals surface area contributed by atoms with Crippen LogP contribution in [0.1, 0.15) is 37.7 Å². The number of nitrogens with two attached hydrogens (primary N) is 1. The molecule has 14 heteroatoms. The Morgan fingerprint density at radius 1 is 1.20 bits per heavy atom. The normalized spacial score (nSPS) is 22.1. The van der Waals surface area contributed by atoms with E-state index >= 15 is 0 Å². The summed E-state index contributed by atoms with van der Waals surface area (Å²) in [6.07, 6.45) is 2.67. The molecule has 0 aromatic heterocycles. The van der Waals surface area contributed by atoms with Crippen LogP contribution in [0.15, 0.2) is 29.4 Å². The molecule has 1 amide bonds. The number of carboxylic acid groups (broad SMARTS) is 2. The third-order valence-corrected chi connectivity index (χ3v) is 6.05. The van der Waals surface area contributed by atoms with E-state index in [1.165, 1.54) is 5.01 Å². The summed E-state index contributed by atoms with van der Waals surface area (Å²) in [7, 11) is 0. The number of fused-ring (bicyclic) bond motifs is 1. The number of nitro groups is 1. The van der Waals surface area contributed by atoms with Crippen molar-refractivity contribution in [3.05, 3.63) is 39.9 Å². The second-order valence-electron chi connectivity index (χ2n) is 8.47. The van der Waals surface area contributed by atoms with Gasteiger partial charge in [0.15, 0.2) is 5.03 Å². The van der Waals surface area contributed by atoms with Crippen LogP contribution in [-0.2, 0) is 20.8 Å². The summed E-state index contributed by atoms with van der Waals surface area (Å²) < 4.78 is 0. The highest BCUT2D eigenvalue weighted by Crippen LogP contribution is 2.24. The Balaban J connectivity index is 1.63. The van der Waals surface area contributed by atoms with Gasteiger partial charge in [0.05, 0.1) is 6.04 Å². The molecule has 0 spiro atoms. The molecular formula is C21H29N7O7. The average Bonchev–Trinajstić information content (AvgIpc) is 2.95. The van der Waals surface area contributed by atoms with E-state index in [4.69, 9.17) is 5.73 Å². The first-order valence-electron chi connectivity index (χ1n) is 11.3. The molecule has 14 nitrogen and oxygen atoms in total. The van der Waals surface area contributed by atoms with Crippen molar-refractivity contribution in [3.63, 3.8) is 0 Å². The topological polar surface area (TPSA) is 204 Å². The van der Waals surface area contributed by atoms with Crippen molar-refractivity contribution in [2.24, 2.45) is 10.8 Å². The van der Waals surface area contributed by atoms with Crippen molar-refractivity contribution in [1.82, 2.24) is 15.3 Å². The number of carbonyl (C=O) groups excluding carboxylic acids is 1. The number of rotatable bonds is 9. The number of hydrogen-bond acceptors (Lipinski definition) is 7. The first-order valence-corrected chi connectivity index (χ1v) is 11.3. The number of amides is 1. The Morgan fingerprint density at radius 2 is 1.86 bits per heavy atom. The minimum atomic E-state index is -1.10. The number of hydrazine groups is 1. The van der Waals surface area contributed by atoms with Gasteiger partial charge in [0.2, 0.25) is 0 Å². The summed E-state index contributed by atoms with van der Waals surface area (Å²) in [5.74, 6) is -2.95. The van der Waals surface area contributed by atoms with Crippen molar-refractivity contribution in [2.45, 2.75) is 56.7 Å². The number of carbonyl (C=O) groups is 3. The van der Waals surface area contributed by atoms with Crippen molar-refractivity contribution in [1.29, 1.82) is 0 Å². The van der Waals surface area contributed by atoms with Gasteiger partial charge in [-0.15, -0.1) is 0 Å². The van der Waals surface area contributed by atoms with Gasteiger partial charge < -0.3 is 21.3 Å². The zero-order valence-corrected chi connectivity index (χ0v) is 19.0. The Morgan fingerprint density at radius 3 is 2.46 bits per heavy atom. The van der Waals surface area contributed by atoms with Gasteiger partial charge in [0.1, 0.15) is 17.2 Å². The number of hydrazone groups is 1. The molecule has 2 aliphatic rings. The molecule has 1 aromatic rings. The zero-order valence-electron chi connectivity index (χ0n) is 19.0. The Kier molecular flexibility index (Phi) is 8.54. The predicted octanol–water partition coefficient (Wildman–Crippen LogP) is 0.0353. The lowest BCUT2D eigenvalue weighted by Gasteiger charge is -2.42. The van der Waals surface area contributed by atoms with E-state index in [2.05, 4.69) is 15.7 Å². The molecule has 0 radical (unpaired) electrons. The molecule has 0 saturated carbocycles. The Hall–Kier alpha value is -3.78. The van der Waals surface area contributed by atoms with Gasteiger partial charge in [-0.25, -0.2) is 19.9 Å². The van der Waals surface area contributed by atoms with Crippen LogP contribution in [0.5, 0.6) is 0 Å². The van der Waals surface area contributed by atoms with Gasteiger partial charge in [-0.05, 0) is 56.2 Å². The summed E-state index contributed by atoms with van der Waals surface area (Å²) in [5.41, 5.74) is 6.70. The Labute approximate surface area is 200 Å². The summed E-state index contributed by atoms with van der Waals surface area (Å²) in [4.78, 5) is 47.2. The summed E-state index contributed by atoms with van der Waals surface area (Å²) in [5, 5.41) is 40.3. The van der Waals surface area contributed by atoms with Gasteiger partial charge >= 0.3 is 11.9 Å². The molecule has 1 aromatic carbocycles. The predicted molar refractivity (Wildman–Crippen MR) is 124 cm³/mol. The molecule has 0 aliphatic carbocycles. The number of nitrogens with one attached hydrogen (secondary N) is 2. The van der Waals surface area contributed by atoms with Crippen LogP contribution < -0.4 is 16.4 Å². The molecule has 6 N–H and O–H groups in total. The number of guanidine groups is 1. The van der Waals surface area contributed by atoms with Gasteiger partial charge in [-0.3, -0.25) is 19.9 Å². The van der Waals surface area contributed by atoms with Crippen LogP contribution in [0.4, 0.5) is 5.69 Å². The van der Waals surface area contributed by atoms with Crippen LogP contribution in [0.25, 0.3) is 0 Å². The molecule has 3 rings (SSSR count). The lowest BCUT2D eigenvalue weighted by Crippen LogP contribution is -2.61. The molecule has 0 bridgehead atoms. The van der Waals surface area contributed by atoms with E-state index < -0.39 is 41.0 Å². The van der Waals surface area contributed by atoms with E-state index in [0.717, 1.165) is 5.56 Å². The molecule has 2 aliphatic heterocycles. The van der Waals surface area contributed by atoms with Crippen LogP contribution in [0, 0.1) is 10.1 Å². The largest absolute Gasteiger partial charge is 0.480 e. The standard InChI is InChI=1S/C21H29N7O7/c22-21(25-28(34)35)23-14-8-5-13(6-9-14)7-10-16(19(30)31)24-15-3-1-11-26-12-2-4-17(20(32)33)27(26)18(15)29/h5-6,8-9,15-17,24H,1-4,7,10-12H2,(H,30,31)(H,32,33)(H3,22,23,25)/t15-,16-,17-/m0/s1. The quantitative estimate of drug-likeness (QED) is 0.135. The average molecular weight is 492 g/mol. The molecule has 0 unspecified atom stereocenters. The van der Waals surface area contributed by atoms with E-state index in [1.807, 2.05) is 0 Å². The van der Waals surface area contributed by atoms with E-state index in [9.17, 15) is 34.7 Å². The van der Waals surface area contributed by atoms with Crippen LogP contribution in [-0.4, -0.2) is 80.3 Å².